The summed E-state index contributed by atoms with van der Waals surface area (Å²) in [4.78, 5) is 13.4. The van der Waals surface area contributed by atoms with Gasteiger partial charge in [0.2, 0.25) is 0 Å². The van der Waals surface area contributed by atoms with E-state index in [1.54, 1.807) is 6.07 Å². The Labute approximate surface area is 80.9 Å². The van der Waals surface area contributed by atoms with Crippen LogP contribution in [0.1, 0.15) is 19.3 Å². The topological polar surface area (TPSA) is 65.3 Å². The van der Waals surface area contributed by atoms with E-state index in [9.17, 15) is 10.1 Å². The van der Waals surface area contributed by atoms with E-state index >= 15 is 0 Å². The maximum Gasteiger partial charge on any atom is 0.363 e. The molecule has 1 saturated carbocycles. The zero-order chi connectivity index (χ0) is 9.97. The Hall–Kier alpha value is -1.65. The highest BCUT2D eigenvalue weighted by Crippen LogP contribution is 2.25. The van der Waals surface area contributed by atoms with Crippen molar-refractivity contribution >= 4 is 5.82 Å². The van der Waals surface area contributed by atoms with Gasteiger partial charge in [-0.1, -0.05) is 0 Å². The first-order chi connectivity index (χ1) is 6.75. The van der Waals surface area contributed by atoms with Gasteiger partial charge in [-0.25, -0.2) is 0 Å². The SMILES string of the molecule is O=[N+]([O-])c1ccc(OC2CCC2)cn1. The van der Waals surface area contributed by atoms with Gasteiger partial charge >= 0.3 is 5.82 Å². The molecule has 1 heterocycles. The molecule has 5 heteroatoms. The summed E-state index contributed by atoms with van der Waals surface area (Å²) >= 11 is 0. The standard InChI is InChI=1S/C9H10N2O3/c12-11(13)9-5-4-8(6-10-9)14-7-2-1-3-7/h4-7H,1-3H2. The van der Waals surface area contributed by atoms with Gasteiger partial charge in [-0.3, -0.25) is 0 Å². The highest BCUT2D eigenvalue weighted by Gasteiger charge is 2.19. The van der Waals surface area contributed by atoms with Gasteiger partial charge in [0.05, 0.1) is 6.10 Å². The third kappa shape index (κ3) is 1.81. The summed E-state index contributed by atoms with van der Waals surface area (Å²) in [6.07, 6.45) is 5.01. The lowest BCUT2D eigenvalue weighted by molar-refractivity contribution is -0.389. The van der Waals surface area contributed by atoms with Crippen LogP contribution in [0, 0.1) is 10.1 Å². The van der Waals surface area contributed by atoms with Crippen molar-refractivity contribution in [2.45, 2.75) is 25.4 Å². The monoisotopic (exact) mass is 194 g/mol. The third-order valence-corrected chi connectivity index (χ3v) is 2.26. The first kappa shape index (κ1) is 8.93. The van der Waals surface area contributed by atoms with E-state index < -0.39 is 4.92 Å². The molecule has 14 heavy (non-hydrogen) atoms. The molecule has 1 aromatic rings. The Bertz CT molecular complexity index is 332. The van der Waals surface area contributed by atoms with Crippen LogP contribution in [0.5, 0.6) is 5.75 Å². The molecule has 0 spiro atoms. The molecule has 1 aliphatic carbocycles. The van der Waals surface area contributed by atoms with E-state index in [1.807, 2.05) is 0 Å². The second kappa shape index (κ2) is 3.61. The Morgan fingerprint density at radius 1 is 1.50 bits per heavy atom. The van der Waals surface area contributed by atoms with E-state index in [-0.39, 0.29) is 11.9 Å². The van der Waals surface area contributed by atoms with Crippen molar-refractivity contribution in [2.75, 3.05) is 0 Å². The van der Waals surface area contributed by atoms with Crippen LogP contribution in [0.3, 0.4) is 0 Å². The molecule has 0 aromatic carbocycles. The summed E-state index contributed by atoms with van der Waals surface area (Å²) in [7, 11) is 0. The molecule has 5 nitrogen and oxygen atoms in total. The van der Waals surface area contributed by atoms with E-state index in [1.165, 1.54) is 18.7 Å². The van der Waals surface area contributed by atoms with Crippen LogP contribution < -0.4 is 4.74 Å². The number of aromatic nitrogens is 1. The summed E-state index contributed by atoms with van der Waals surface area (Å²) in [6, 6.07) is 2.94. The van der Waals surface area contributed by atoms with E-state index in [4.69, 9.17) is 4.74 Å². The lowest BCUT2D eigenvalue weighted by Crippen LogP contribution is -2.24. The Kier molecular flexibility index (Phi) is 2.30. The third-order valence-electron chi connectivity index (χ3n) is 2.26. The van der Waals surface area contributed by atoms with E-state index in [0.717, 1.165) is 12.8 Å². The van der Waals surface area contributed by atoms with Crippen LogP contribution in [0.2, 0.25) is 0 Å². The average molecular weight is 194 g/mol. The average Bonchev–Trinajstić information content (AvgIpc) is 2.12. The lowest BCUT2D eigenvalue weighted by Gasteiger charge is -2.25. The number of hydrogen-bond acceptors (Lipinski definition) is 4. The van der Waals surface area contributed by atoms with Gasteiger partial charge < -0.3 is 14.9 Å². The predicted molar refractivity (Wildman–Crippen MR) is 49.2 cm³/mol. The van der Waals surface area contributed by atoms with Gasteiger partial charge in [0, 0.05) is 6.07 Å². The summed E-state index contributed by atoms with van der Waals surface area (Å²) in [5.74, 6) is 0.464. The van der Waals surface area contributed by atoms with Crippen molar-refractivity contribution in [3.63, 3.8) is 0 Å². The molecule has 0 amide bonds. The molecule has 0 unspecified atom stereocenters. The first-order valence-corrected chi connectivity index (χ1v) is 4.53. The smallest absolute Gasteiger partial charge is 0.363 e. The molecule has 1 aromatic heterocycles. The fourth-order valence-corrected chi connectivity index (χ4v) is 1.23. The number of pyridine rings is 1. The van der Waals surface area contributed by atoms with Gasteiger partial charge in [0.1, 0.15) is 0 Å². The Balaban J connectivity index is 2.01. The fourth-order valence-electron chi connectivity index (χ4n) is 1.23. The number of nitrogens with zero attached hydrogens (tertiary/aromatic N) is 2. The molecule has 0 N–H and O–H groups in total. The largest absolute Gasteiger partial charge is 0.486 e. The van der Waals surface area contributed by atoms with Gasteiger partial charge in [-0.2, -0.15) is 0 Å². The maximum absolute atomic E-state index is 10.3. The zero-order valence-corrected chi connectivity index (χ0v) is 7.55. The minimum Gasteiger partial charge on any atom is -0.486 e. The van der Waals surface area contributed by atoms with E-state index in [2.05, 4.69) is 4.98 Å². The van der Waals surface area contributed by atoms with Crippen LogP contribution in [-0.4, -0.2) is 16.0 Å². The van der Waals surface area contributed by atoms with Crippen LogP contribution >= 0.6 is 0 Å². The van der Waals surface area contributed by atoms with Gasteiger partial charge in [0.25, 0.3) is 0 Å². The Morgan fingerprint density at radius 2 is 2.29 bits per heavy atom. The van der Waals surface area contributed by atoms with Crippen LogP contribution in [-0.2, 0) is 0 Å². The van der Waals surface area contributed by atoms with Crippen molar-refractivity contribution in [2.24, 2.45) is 0 Å². The van der Waals surface area contributed by atoms with Gasteiger partial charge in [-0.05, 0) is 35.2 Å². The molecular weight excluding hydrogens is 184 g/mol. The molecule has 1 fully saturated rings. The van der Waals surface area contributed by atoms with E-state index in [0.29, 0.717) is 5.75 Å². The first-order valence-electron chi connectivity index (χ1n) is 4.53. The normalized spacial score (nSPS) is 16.0. The number of ether oxygens (including phenoxy) is 1. The van der Waals surface area contributed by atoms with Crippen molar-refractivity contribution in [1.82, 2.24) is 4.98 Å². The number of hydrogen-bond donors (Lipinski definition) is 0. The fraction of sp³-hybridized carbons (Fsp3) is 0.444. The highest BCUT2D eigenvalue weighted by molar-refractivity contribution is 5.27. The summed E-state index contributed by atoms with van der Waals surface area (Å²) in [6.45, 7) is 0. The molecule has 1 aliphatic rings. The molecule has 0 atom stereocenters. The Morgan fingerprint density at radius 3 is 2.71 bits per heavy atom. The number of nitro groups is 1. The molecule has 0 aliphatic heterocycles. The quantitative estimate of drug-likeness (QED) is 0.544. The lowest BCUT2D eigenvalue weighted by atomic mass is 9.96. The zero-order valence-electron chi connectivity index (χ0n) is 7.55. The predicted octanol–water partition coefficient (Wildman–Crippen LogP) is 1.92. The molecule has 2 rings (SSSR count). The summed E-state index contributed by atoms with van der Waals surface area (Å²) in [5, 5.41) is 10.3. The number of rotatable bonds is 3. The van der Waals surface area contributed by atoms with Crippen molar-refractivity contribution in [1.29, 1.82) is 0 Å². The van der Waals surface area contributed by atoms with Gasteiger partial charge in [-0.15, -0.1) is 0 Å². The maximum atomic E-state index is 10.3. The van der Waals surface area contributed by atoms with Crippen LogP contribution in [0.4, 0.5) is 5.82 Å². The van der Waals surface area contributed by atoms with Gasteiger partial charge in [0.15, 0.2) is 11.9 Å². The second-order valence-electron chi connectivity index (χ2n) is 3.28. The van der Waals surface area contributed by atoms with Crippen LogP contribution in [0.25, 0.3) is 0 Å². The van der Waals surface area contributed by atoms with Crippen molar-refractivity contribution in [3.05, 3.63) is 28.4 Å². The highest BCUT2D eigenvalue weighted by atomic mass is 16.6. The molecule has 74 valence electrons. The molecule has 0 bridgehead atoms. The summed E-state index contributed by atoms with van der Waals surface area (Å²) in [5.41, 5.74) is 0. The van der Waals surface area contributed by atoms with Crippen molar-refractivity contribution in [3.8, 4) is 5.75 Å². The molecular formula is C9H10N2O3. The van der Waals surface area contributed by atoms with Crippen LogP contribution in [0.15, 0.2) is 18.3 Å². The minimum absolute atomic E-state index is 0.147. The second-order valence-corrected chi connectivity index (χ2v) is 3.28. The molecule has 0 radical (unpaired) electrons. The summed E-state index contributed by atoms with van der Waals surface area (Å²) < 4.78 is 5.50. The molecule has 0 saturated heterocycles. The minimum atomic E-state index is -0.521. The van der Waals surface area contributed by atoms with Crippen molar-refractivity contribution < 1.29 is 9.66 Å².